The molecule has 5 rings (SSSR count). The minimum Gasteiger partial charge on any atom is -0.0843 e. The number of fused-ring (bicyclic) bond motifs is 3. The summed E-state index contributed by atoms with van der Waals surface area (Å²) in [6.45, 7) is 0. The third kappa shape index (κ3) is 2.31. The summed E-state index contributed by atoms with van der Waals surface area (Å²) in [6.07, 6.45) is 0. The highest BCUT2D eigenvalue weighted by Crippen LogP contribution is 2.58. The lowest BCUT2D eigenvalue weighted by Gasteiger charge is -2.33. The minimum atomic E-state index is -0.441. The van der Waals surface area contributed by atoms with Crippen LogP contribution < -0.4 is 0 Å². The van der Waals surface area contributed by atoms with E-state index in [9.17, 15) is 0 Å². The Morgan fingerprint density at radius 1 is 0.556 bits per heavy atom. The molecule has 4 aromatic carbocycles. The second-order valence-electron chi connectivity index (χ2n) is 6.84. The monoisotopic (exact) mass is 386 g/mol. The zero-order chi connectivity index (χ0) is 18.4. The first-order valence-electron chi connectivity index (χ1n) is 8.93. The molecule has 0 fully saturated rings. The van der Waals surface area contributed by atoms with E-state index < -0.39 is 5.41 Å². The Hall–Kier alpha value is -2.54. The van der Waals surface area contributed by atoms with Gasteiger partial charge in [-0.2, -0.15) is 0 Å². The third-order valence-corrected chi connectivity index (χ3v) is 5.99. The maximum absolute atomic E-state index is 6.72. The molecule has 1 aliphatic carbocycles. The molecule has 0 nitrogen and oxygen atoms in total. The molecule has 0 atom stereocenters. The Balaban J connectivity index is 2.01. The van der Waals surface area contributed by atoms with Crippen molar-refractivity contribution in [2.45, 2.75) is 5.41 Å². The molecule has 0 bridgehead atoms. The number of rotatable bonds is 2. The first kappa shape index (κ1) is 16.6. The van der Waals surface area contributed by atoms with Crippen LogP contribution in [0.15, 0.2) is 97.1 Å². The van der Waals surface area contributed by atoms with Gasteiger partial charge in [0, 0.05) is 10.6 Å². The molecule has 130 valence electrons. The Bertz CT molecular complexity index is 1090. The molecule has 0 heterocycles. The van der Waals surface area contributed by atoms with Crippen molar-refractivity contribution >= 4 is 23.2 Å². The summed E-state index contributed by atoms with van der Waals surface area (Å²) in [4.78, 5) is 0. The summed E-state index contributed by atoms with van der Waals surface area (Å²) in [5, 5.41) is 1.35. The van der Waals surface area contributed by atoms with Crippen molar-refractivity contribution in [2.75, 3.05) is 0 Å². The topological polar surface area (TPSA) is 0 Å². The highest BCUT2D eigenvalue weighted by molar-refractivity contribution is 6.37. The van der Waals surface area contributed by atoms with Crippen LogP contribution in [0.5, 0.6) is 0 Å². The summed E-state index contributed by atoms with van der Waals surface area (Å²) in [7, 11) is 0. The van der Waals surface area contributed by atoms with E-state index in [1.807, 2.05) is 6.07 Å². The molecule has 0 aromatic heterocycles. The van der Waals surface area contributed by atoms with E-state index in [2.05, 4.69) is 91.0 Å². The lowest BCUT2D eigenvalue weighted by atomic mass is 9.68. The normalized spacial score (nSPS) is 13.9. The van der Waals surface area contributed by atoms with Crippen molar-refractivity contribution in [3.05, 3.63) is 129 Å². The Morgan fingerprint density at radius 3 is 1.74 bits per heavy atom. The van der Waals surface area contributed by atoms with Gasteiger partial charge < -0.3 is 0 Å². The largest absolute Gasteiger partial charge is 0.0843 e. The molecule has 0 saturated heterocycles. The molecule has 1 aliphatic rings. The van der Waals surface area contributed by atoms with E-state index in [-0.39, 0.29) is 0 Å². The summed E-state index contributed by atoms with van der Waals surface area (Å²) < 4.78 is 0. The van der Waals surface area contributed by atoms with Crippen LogP contribution in [0.3, 0.4) is 0 Å². The molecular weight excluding hydrogens is 371 g/mol. The molecule has 2 heteroatoms. The predicted molar refractivity (Wildman–Crippen MR) is 114 cm³/mol. The molecule has 0 aliphatic heterocycles. The van der Waals surface area contributed by atoms with Crippen LogP contribution in [-0.4, -0.2) is 0 Å². The van der Waals surface area contributed by atoms with Crippen molar-refractivity contribution in [1.82, 2.24) is 0 Å². The maximum Gasteiger partial charge on any atom is 0.0714 e. The molecule has 0 radical (unpaired) electrons. The van der Waals surface area contributed by atoms with Crippen LogP contribution in [0, 0.1) is 0 Å². The van der Waals surface area contributed by atoms with E-state index in [1.165, 1.54) is 22.3 Å². The number of hydrogen-bond donors (Lipinski definition) is 0. The molecule has 0 N–H and O–H groups in total. The fourth-order valence-corrected chi connectivity index (χ4v) is 5.08. The van der Waals surface area contributed by atoms with Crippen molar-refractivity contribution in [1.29, 1.82) is 0 Å². The fourth-order valence-electron chi connectivity index (χ4n) is 4.48. The first-order chi connectivity index (χ1) is 13.2. The van der Waals surface area contributed by atoms with E-state index in [0.717, 1.165) is 11.1 Å². The van der Waals surface area contributed by atoms with Crippen molar-refractivity contribution in [2.24, 2.45) is 0 Å². The van der Waals surface area contributed by atoms with Crippen LogP contribution in [0.1, 0.15) is 22.3 Å². The smallest absolute Gasteiger partial charge is 0.0714 e. The zero-order valence-corrected chi connectivity index (χ0v) is 16.0. The van der Waals surface area contributed by atoms with Gasteiger partial charge in [-0.3, -0.25) is 0 Å². The van der Waals surface area contributed by atoms with Gasteiger partial charge in [-0.25, -0.2) is 0 Å². The van der Waals surface area contributed by atoms with Gasteiger partial charge in [0.05, 0.1) is 10.4 Å². The summed E-state index contributed by atoms with van der Waals surface area (Å²) in [6, 6.07) is 33.7. The molecule has 27 heavy (non-hydrogen) atoms. The van der Waals surface area contributed by atoms with E-state index in [1.54, 1.807) is 0 Å². The van der Waals surface area contributed by atoms with Crippen LogP contribution in [0.2, 0.25) is 10.0 Å². The number of benzene rings is 4. The predicted octanol–water partition coefficient (Wildman–Crippen LogP) is 7.36. The van der Waals surface area contributed by atoms with Crippen LogP contribution in [0.25, 0.3) is 11.1 Å². The van der Waals surface area contributed by atoms with Gasteiger partial charge in [0.2, 0.25) is 0 Å². The SMILES string of the molecule is Clc1cc(Cl)c2c(c1)C(c1ccccc1)(c1ccccc1)c1ccccc1-2. The van der Waals surface area contributed by atoms with Crippen LogP contribution >= 0.6 is 23.2 Å². The second-order valence-corrected chi connectivity index (χ2v) is 7.68. The molecule has 0 spiro atoms. The van der Waals surface area contributed by atoms with Gasteiger partial charge in [-0.1, -0.05) is 108 Å². The molecule has 0 unspecified atom stereocenters. The Morgan fingerprint density at radius 2 is 1.11 bits per heavy atom. The lowest BCUT2D eigenvalue weighted by molar-refractivity contribution is 0.768. The second kappa shape index (κ2) is 6.27. The molecular formula is C25H16Cl2. The molecule has 4 aromatic rings. The van der Waals surface area contributed by atoms with Gasteiger partial charge in [0.25, 0.3) is 0 Å². The van der Waals surface area contributed by atoms with Crippen molar-refractivity contribution < 1.29 is 0 Å². The first-order valence-corrected chi connectivity index (χ1v) is 9.69. The highest BCUT2D eigenvalue weighted by atomic mass is 35.5. The van der Waals surface area contributed by atoms with Crippen LogP contribution in [0.4, 0.5) is 0 Å². The quantitative estimate of drug-likeness (QED) is 0.297. The summed E-state index contributed by atoms with van der Waals surface area (Å²) in [5.74, 6) is 0. The van der Waals surface area contributed by atoms with E-state index in [0.29, 0.717) is 10.0 Å². The van der Waals surface area contributed by atoms with Crippen molar-refractivity contribution in [3.63, 3.8) is 0 Å². The highest BCUT2D eigenvalue weighted by Gasteiger charge is 2.46. The van der Waals surface area contributed by atoms with Gasteiger partial charge in [0.15, 0.2) is 0 Å². The Kier molecular flexibility index (Phi) is 3.86. The minimum absolute atomic E-state index is 0.441. The fraction of sp³-hybridized carbons (Fsp3) is 0.0400. The molecule has 0 saturated carbocycles. The average Bonchev–Trinajstić information content (AvgIpc) is 3.00. The van der Waals surface area contributed by atoms with Gasteiger partial charge >= 0.3 is 0 Å². The number of halogens is 2. The van der Waals surface area contributed by atoms with Gasteiger partial charge in [0.1, 0.15) is 0 Å². The summed E-state index contributed by atoms with van der Waals surface area (Å²) >= 11 is 13.2. The van der Waals surface area contributed by atoms with E-state index in [4.69, 9.17) is 23.2 Å². The van der Waals surface area contributed by atoms with E-state index >= 15 is 0 Å². The van der Waals surface area contributed by atoms with Crippen LogP contribution in [-0.2, 0) is 5.41 Å². The maximum atomic E-state index is 6.72. The number of hydrogen-bond acceptors (Lipinski definition) is 0. The average molecular weight is 387 g/mol. The standard InChI is InChI=1S/C25H16Cl2/c26-19-15-22-24(23(27)16-19)20-13-7-8-14-21(20)25(22,17-9-3-1-4-10-17)18-11-5-2-6-12-18/h1-16H. The summed E-state index contributed by atoms with van der Waals surface area (Å²) in [5.41, 5.74) is 6.59. The third-order valence-electron chi connectivity index (χ3n) is 5.47. The molecule has 0 amide bonds. The van der Waals surface area contributed by atoms with Crippen molar-refractivity contribution in [3.8, 4) is 11.1 Å². The van der Waals surface area contributed by atoms with Gasteiger partial charge in [-0.15, -0.1) is 0 Å². The lowest BCUT2D eigenvalue weighted by Crippen LogP contribution is -2.28. The van der Waals surface area contributed by atoms with Gasteiger partial charge in [-0.05, 0) is 39.9 Å². The Labute approximate surface area is 169 Å². The zero-order valence-electron chi connectivity index (χ0n) is 14.5.